The molecule has 0 atom stereocenters. The number of likely N-dealkylation sites (tertiary alicyclic amines) is 1. The van der Waals surface area contributed by atoms with Crippen molar-refractivity contribution in [2.75, 3.05) is 18.8 Å². The molecule has 0 spiro atoms. The second kappa shape index (κ2) is 4.79. The summed E-state index contributed by atoms with van der Waals surface area (Å²) in [6, 6.07) is 1.72. The summed E-state index contributed by atoms with van der Waals surface area (Å²) in [5.41, 5.74) is 6.97. The van der Waals surface area contributed by atoms with E-state index in [1.165, 1.54) is 0 Å². The first kappa shape index (κ1) is 12.0. The van der Waals surface area contributed by atoms with E-state index in [1.54, 1.807) is 17.2 Å². The van der Waals surface area contributed by atoms with Crippen LogP contribution >= 0.6 is 0 Å². The molecule has 1 aliphatic heterocycles. The van der Waals surface area contributed by atoms with E-state index in [4.69, 9.17) is 5.73 Å². The number of amides is 1. The van der Waals surface area contributed by atoms with Gasteiger partial charge in [0.1, 0.15) is 5.69 Å². The molecule has 5 nitrogen and oxygen atoms in total. The van der Waals surface area contributed by atoms with Crippen LogP contribution in [0.5, 0.6) is 0 Å². The van der Waals surface area contributed by atoms with Crippen LogP contribution in [0.15, 0.2) is 12.3 Å². The number of piperidine rings is 1. The van der Waals surface area contributed by atoms with Gasteiger partial charge in [0.15, 0.2) is 0 Å². The van der Waals surface area contributed by atoms with Crippen LogP contribution in [-0.2, 0) is 6.54 Å². The van der Waals surface area contributed by atoms with E-state index in [9.17, 15) is 9.90 Å². The number of aliphatic hydroxyl groups excluding tert-OH is 1. The zero-order valence-corrected chi connectivity index (χ0v) is 10.1. The predicted molar refractivity (Wildman–Crippen MR) is 65.7 cm³/mol. The van der Waals surface area contributed by atoms with Crippen molar-refractivity contribution in [3.8, 4) is 0 Å². The number of nitrogen functional groups attached to an aromatic ring is 1. The van der Waals surface area contributed by atoms with E-state index < -0.39 is 0 Å². The van der Waals surface area contributed by atoms with Crippen LogP contribution in [0.25, 0.3) is 0 Å². The lowest BCUT2D eigenvalue weighted by Crippen LogP contribution is -2.40. The predicted octanol–water partition coefficient (Wildman–Crippen LogP) is 0.687. The molecule has 1 aliphatic rings. The van der Waals surface area contributed by atoms with E-state index in [1.807, 2.05) is 11.5 Å². The number of carbonyl (C=O) groups excluding carboxylic acids is 1. The number of hydrogen-bond donors (Lipinski definition) is 2. The summed E-state index contributed by atoms with van der Waals surface area (Å²) in [7, 11) is 0. The fraction of sp³-hybridized carbons (Fsp3) is 0.583. The van der Waals surface area contributed by atoms with Crippen molar-refractivity contribution in [1.82, 2.24) is 9.47 Å². The number of anilines is 1. The molecule has 0 aliphatic carbocycles. The molecule has 1 aromatic heterocycles. The number of aliphatic hydroxyl groups is 1. The van der Waals surface area contributed by atoms with Gasteiger partial charge in [0, 0.05) is 25.8 Å². The van der Waals surface area contributed by atoms with Gasteiger partial charge in [-0.25, -0.2) is 0 Å². The van der Waals surface area contributed by atoms with E-state index in [0.29, 0.717) is 37.3 Å². The van der Waals surface area contributed by atoms with Gasteiger partial charge in [-0.3, -0.25) is 4.79 Å². The number of nitrogens with zero attached hydrogens (tertiary/aromatic N) is 2. The average molecular weight is 237 g/mol. The molecule has 0 aromatic carbocycles. The highest BCUT2D eigenvalue weighted by atomic mass is 16.3. The maximum absolute atomic E-state index is 12.3. The Bertz CT molecular complexity index is 406. The van der Waals surface area contributed by atoms with Crippen LogP contribution in [0.1, 0.15) is 30.3 Å². The van der Waals surface area contributed by atoms with Crippen molar-refractivity contribution in [2.24, 2.45) is 0 Å². The minimum atomic E-state index is -0.262. The van der Waals surface area contributed by atoms with Gasteiger partial charge in [-0.2, -0.15) is 0 Å². The van der Waals surface area contributed by atoms with Crippen molar-refractivity contribution in [3.63, 3.8) is 0 Å². The van der Waals surface area contributed by atoms with E-state index in [-0.39, 0.29) is 12.0 Å². The highest BCUT2D eigenvalue weighted by Crippen LogP contribution is 2.17. The first-order valence-electron chi connectivity index (χ1n) is 6.04. The van der Waals surface area contributed by atoms with Crippen LogP contribution in [0.2, 0.25) is 0 Å². The first-order chi connectivity index (χ1) is 8.11. The van der Waals surface area contributed by atoms with Crippen LogP contribution < -0.4 is 5.73 Å². The number of nitrogens with two attached hydrogens (primary N) is 1. The van der Waals surface area contributed by atoms with Crippen molar-refractivity contribution in [3.05, 3.63) is 18.0 Å². The highest BCUT2D eigenvalue weighted by Gasteiger charge is 2.24. The van der Waals surface area contributed by atoms with Gasteiger partial charge in [0.2, 0.25) is 0 Å². The summed E-state index contributed by atoms with van der Waals surface area (Å²) in [6.07, 6.45) is 2.84. The summed E-state index contributed by atoms with van der Waals surface area (Å²) in [5, 5.41) is 9.42. The Kier molecular flexibility index (Phi) is 3.38. The molecule has 1 amide bonds. The van der Waals surface area contributed by atoms with Gasteiger partial charge >= 0.3 is 0 Å². The van der Waals surface area contributed by atoms with Gasteiger partial charge in [0.25, 0.3) is 5.91 Å². The Morgan fingerprint density at radius 3 is 2.76 bits per heavy atom. The lowest BCUT2D eigenvalue weighted by molar-refractivity contribution is 0.0537. The molecule has 94 valence electrons. The SMILES string of the molecule is CCn1cc(N)cc1C(=O)N1CCC(O)CC1. The third kappa shape index (κ3) is 2.44. The molecule has 5 heteroatoms. The summed E-state index contributed by atoms with van der Waals surface area (Å²) >= 11 is 0. The van der Waals surface area contributed by atoms with Gasteiger partial charge in [-0.05, 0) is 25.8 Å². The Hall–Kier alpha value is -1.49. The summed E-state index contributed by atoms with van der Waals surface area (Å²) in [4.78, 5) is 14.1. The standard InChI is InChI=1S/C12H19N3O2/c1-2-14-8-9(13)7-11(14)12(17)15-5-3-10(16)4-6-15/h7-8,10,16H,2-6,13H2,1H3. The Morgan fingerprint density at radius 2 is 2.18 bits per heavy atom. The summed E-state index contributed by atoms with van der Waals surface area (Å²) in [6.45, 7) is 3.95. The molecule has 1 saturated heterocycles. The Labute approximate surface area is 101 Å². The molecule has 0 saturated carbocycles. The monoisotopic (exact) mass is 237 g/mol. The molecule has 2 rings (SSSR count). The third-order valence-corrected chi connectivity index (χ3v) is 3.23. The number of aryl methyl sites for hydroxylation is 1. The minimum absolute atomic E-state index is 0.00968. The van der Waals surface area contributed by atoms with Crippen molar-refractivity contribution < 1.29 is 9.90 Å². The molecular formula is C12H19N3O2. The van der Waals surface area contributed by atoms with E-state index in [2.05, 4.69) is 0 Å². The van der Waals surface area contributed by atoms with E-state index >= 15 is 0 Å². The average Bonchev–Trinajstić information content (AvgIpc) is 2.70. The van der Waals surface area contributed by atoms with Gasteiger partial charge in [-0.1, -0.05) is 0 Å². The second-order valence-corrected chi connectivity index (χ2v) is 4.47. The van der Waals surface area contributed by atoms with Gasteiger partial charge in [0.05, 0.1) is 11.8 Å². The molecule has 3 N–H and O–H groups in total. The van der Waals surface area contributed by atoms with Crippen LogP contribution in [0, 0.1) is 0 Å². The highest BCUT2D eigenvalue weighted by molar-refractivity contribution is 5.93. The number of hydrogen-bond acceptors (Lipinski definition) is 3. The van der Waals surface area contributed by atoms with Crippen LogP contribution in [0.4, 0.5) is 5.69 Å². The molecule has 0 bridgehead atoms. The molecular weight excluding hydrogens is 218 g/mol. The second-order valence-electron chi connectivity index (χ2n) is 4.47. The zero-order valence-electron chi connectivity index (χ0n) is 10.1. The Morgan fingerprint density at radius 1 is 1.53 bits per heavy atom. The largest absolute Gasteiger partial charge is 0.397 e. The van der Waals surface area contributed by atoms with Crippen LogP contribution in [0.3, 0.4) is 0 Å². The molecule has 2 heterocycles. The maximum atomic E-state index is 12.3. The maximum Gasteiger partial charge on any atom is 0.270 e. The lowest BCUT2D eigenvalue weighted by Gasteiger charge is -2.29. The van der Waals surface area contributed by atoms with Crippen LogP contribution in [-0.4, -0.2) is 39.7 Å². The van der Waals surface area contributed by atoms with Gasteiger partial charge in [-0.15, -0.1) is 0 Å². The number of carbonyl (C=O) groups is 1. The van der Waals surface area contributed by atoms with Crippen molar-refractivity contribution in [1.29, 1.82) is 0 Å². The minimum Gasteiger partial charge on any atom is -0.397 e. The quantitative estimate of drug-likeness (QED) is 0.795. The number of rotatable bonds is 2. The summed E-state index contributed by atoms with van der Waals surface area (Å²) in [5.74, 6) is 0.00968. The molecule has 1 fully saturated rings. The van der Waals surface area contributed by atoms with Crippen molar-refractivity contribution >= 4 is 11.6 Å². The van der Waals surface area contributed by atoms with E-state index in [0.717, 1.165) is 6.54 Å². The van der Waals surface area contributed by atoms with Gasteiger partial charge < -0.3 is 20.3 Å². The molecule has 0 radical (unpaired) electrons. The fourth-order valence-corrected chi connectivity index (χ4v) is 2.20. The smallest absolute Gasteiger partial charge is 0.270 e. The lowest BCUT2D eigenvalue weighted by atomic mass is 10.1. The third-order valence-electron chi connectivity index (χ3n) is 3.23. The normalized spacial score (nSPS) is 17.4. The molecule has 17 heavy (non-hydrogen) atoms. The molecule has 0 unspecified atom stereocenters. The first-order valence-corrected chi connectivity index (χ1v) is 6.04. The Balaban J connectivity index is 2.13. The fourth-order valence-electron chi connectivity index (χ4n) is 2.20. The van der Waals surface area contributed by atoms with Crippen molar-refractivity contribution in [2.45, 2.75) is 32.4 Å². The molecule has 1 aromatic rings. The zero-order chi connectivity index (χ0) is 12.4. The number of aromatic nitrogens is 1. The summed E-state index contributed by atoms with van der Waals surface area (Å²) < 4.78 is 1.86. The topological polar surface area (TPSA) is 71.5 Å².